The minimum Gasteiger partial charge on any atom is -0.454 e. The summed E-state index contributed by atoms with van der Waals surface area (Å²) in [7, 11) is -3.64. The zero-order chi connectivity index (χ0) is 23.9. The lowest BCUT2D eigenvalue weighted by atomic mass is 9.98. The highest BCUT2D eigenvalue weighted by molar-refractivity contribution is 7.89. The minimum absolute atomic E-state index is 0.171. The number of carbonyl (C=O) groups excluding carboxylic acids is 1. The van der Waals surface area contributed by atoms with Crippen LogP contribution in [0.1, 0.15) is 12.8 Å². The van der Waals surface area contributed by atoms with E-state index in [0.717, 1.165) is 10.2 Å². The van der Waals surface area contributed by atoms with Gasteiger partial charge >= 0.3 is 0 Å². The van der Waals surface area contributed by atoms with Gasteiger partial charge in [-0.15, -0.1) is 6.42 Å². The summed E-state index contributed by atoms with van der Waals surface area (Å²) in [5.74, 6) is 3.24. The Morgan fingerprint density at radius 1 is 1.18 bits per heavy atom. The molecule has 176 valence electrons. The largest absolute Gasteiger partial charge is 0.454 e. The Balaban J connectivity index is 1.36. The molecule has 3 aromatic rings. The van der Waals surface area contributed by atoms with Crippen molar-refractivity contribution in [1.82, 2.24) is 8.87 Å². The zero-order valence-corrected chi connectivity index (χ0v) is 20.3. The summed E-state index contributed by atoms with van der Waals surface area (Å²) < 4.78 is 40.8. The highest BCUT2D eigenvalue weighted by Crippen LogP contribution is 2.37. The van der Waals surface area contributed by atoms with Crippen molar-refractivity contribution in [3.63, 3.8) is 0 Å². The van der Waals surface area contributed by atoms with Gasteiger partial charge in [-0.25, -0.2) is 8.42 Å². The van der Waals surface area contributed by atoms with Gasteiger partial charge < -0.3 is 14.0 Å². The second-order valence-electron chi connectivity index (χ2n) is 7.93. The van der Waals surface area contributed by atoms with Gasteiger partial charge in [-0.05, 0) is 37.1 Å². The molecule has 1 saturated heterocycles. The molecule has 0 saturated carbocycles. The Bertz CT molecular complexity index is 1480. The summed E-state index contributed by atoms with van der Waals surface area (Å²) in [6.45, 7) is 0.914. The molecule has 0 radical (unpaired) electrons. The number of benzene rings is 2. The van der Waals surface area contributed by atoms with E-state index >= 15 is 0 Å². The van der Waals surface area contributed by atoms with Crippen LogP contribution in [-0.4, -0.2) is 43.1 Å². The van der Waals surface area contributed by atoms with Gasteiger partial charge in [0, 0.05) is 36.2 Å². The molecule has 11 heteroatoms. The van der Waals surface area contributed by atoms with Crippen molar-refractivity contribution >= 4 is 49.1 Å². The monoisotopic (exact) mass is 517 g/mol. The maximum atomic E-state index is 13.0. The Hall–Kier alpha value is -2.84. The Labute approximate surface area is 205 Å². The molecule has 0 N–H and O–H groups in total. The van der Waals surface area contributed by atoms with E-state index in [1.54, 1.807) is 16.7 Å². The number of aromatic nitrogens is 1. The zero-order valence-electron chi connectivity index (χ0n) is 17.9. The maximum absolute atomic E-state index is 13.0. The summed E-state index contributed by atoms with van der Waals surface area (Å²) >= 11 is 7.22. The van der Waals surface area contributed by atoms with Gasteiger partial charge in [0.25, 0.3) is 5.91 Å². The normalized spacial score (nSPS) is 17.2. The van der Waals surface area contributed by atoms with E-state index in [4.69, 9.17) is 27.5 Å². The summed E-state index contributed by atoms with van der Waals surface area (Å²) in [5.41, 5.74) is 0.822. The van der Waals surface area contributed by atoms with E-state index in [0.29, 0.717) is 34.2 Å². The van der Waals surface area contributed by atoms with Crippen LogP contribution in [0, 0.1) is 18.3 Å². The number of fused-ring (bicyclic) bond motifs is 2. The molecular formula is C23H20ClN3O5S2. The summed E-state index contributed by atoms with van der Waals surface area (Å²) in [5, 5.41) is 0.470. The van der Waals surface area contributed by atoms with Crippen LogP contribution in [-0.2, 0) is 21.4 Å². The lowest BCUT2D eigenvalue weighted by molar-refractivity contribution is -0.122. The van der Waals surface area contributed by atoms with Crippen LogP contribution < -0.4 is 14.3 Å². The molecule has 0 bridgehead atoms. The minimum atomic E-state index is -3.64. The number of carbonyl (C=O) groups is 1. The van der Waals surface area contributed by atoms with Crippen molar-refractivity contribution in [3.8, 4) is 23.8 Å². The SMILES string of the molecule is C#CCn1c(=NC(=O)C2CCN(S(=O)(=O)c3ccc(Cl)cc3)CC2)sc2cc3c(cc21)OCO3. The lowest BCUT2D eigenvalue weighted by Crippen LogP contribution is -2.40. The van der Waals surface area contributed by atoms with Crippen LogP contribution in [0.5, 0.6) is 11.5 Å². The molecule has 0 atom stereocenters. The fraction of sp³-hybridized carbons (Fsp3) is 0.304. The van der Waals surface area contributed by atoms with Gasteiger partial charge in [0.2, 0.25) is 16.8 Å². The average molecular weight is 518 g/mol. The third-order valence-corrected chi connectivity index (χ3v) is 9.09. The maximum Gasteiger partial charge on any atom is 0.251 e. The van der Waals surface area contributed by atoms with Crippen molar-refractivity contribution in [1.29, 1.82) is 0 Å². The van der Waals surface area contributed by atoms with E-state index in [9.17, 15) is 13.2 Å². The highest BCUT2D eigenvalue weighted by atomic mass is 35.5. The van der Waals surface area contributed by atoms with Gasteiger partial charge in [0.05, 0.1) is 21.7 Å². The molecule has 0 unspecified atom stereocenters. The first-order valence-corrected chi connectivity index (χ1v) is 13.2. The van der Waals surface area contributed by atoms with Crippen molar-refractivity contribution < 1.29 is 22.7 Å². The first-order chi connectivity index (χ1) is 16.4. The quantitative estimate of drug-likeness (QED) is 0.496. The molecule has 1 amide bonds. The molecule has 2 aliphatic rings. The summed E-state index contributed by atoms with van der Waals surface area (Å²) in [6, 6.07) is 9.78. The standard InChI is InChI=1S/C23H20ClN3O5S2/c1-2-9-27-18-12-19-20(32-14-31-19)13-21(18)33-23(27)25-22(28)15-7-10-26(11-8-15)34(29,30)17-5-3-16(24)4-6-17/h1,3-6,12-13,15H,7-11,14H2. The van der Waals surface area contributed by atoms with Crippen LogP contribution >= 0.6 is 22.9 Å². The molecule has 8 nitrogen and oxygen atoms in total. The Kier molecular flexibility index (Phi) is 6.12. The molecule has 34 heavy (non-hydrogen) atoms. The molecule has 2 aromatic carbocycles. The number of terminal acetylenes is 1. The number of rotatable bonds is 4. The van der Waals surface area contributed by atoms with Gasteiger partial charge in [-0.1, -0.05) is 28.9 Å². The molecule has 0 aliphatic carbocycles. The predicted octanol–water partition coefficient (Wildman–Crippen LogP) is 3.25. The molecule has 3 heterocycles. The molecule has 1 aromatic heterocycles. The first-order valence-electron chi connectivity index (χ1n) is 10.6. The molecule has 5 rings (SSSR count). The number of hydrogen-bond donors (Lipinski definition) is 0. The van der Waals surface area contributed by atoms with Crippen LogP contribution in [0.25, 0.3) is 10.2 Å². The number of halogens is 1. The van der Waals surface area contributed by atoms with Crippen LogP contribution in [0.2, 0.25) is 5.02 Å². The second-order valence-corrected chi connectivity index (χ2v) is 11.3. The van der Waals surface area contributed by atoms with Crippen LogP contribution in [0.4, 0.5) is 0 Å². The number of ether oxygens (including phenoxy) is 2. The van der Waals surface area contributed by atoms with E-state index < -0.39 is 10.0 Å². The van der Waals surface area contributed by atoms with Crippen molar-refractivity contribution in [3.05, 3.63) is 46.2 Å². The Morgan fingerprint density at radius 2 is 1.85 bits per heavy atom. The number of amides is 1. The van der Waals surface area contributed by atoms with E-state index in [-0.39, 0.29) is 43.1 Å². The second kappa shape index (κ2) is 9.07. The lowest BCUT2D eigenvalue weighted by Gasteiger charge is -2.29. The summed E-state index contributed by atoms with van der Waals surface area (Å²) in [4.78, 5) is 18.1. The van der Waals surface area contributed by atoms with E-state index in [1.807, 2.05) is 12.1 Å². The van der Waals surface area contributed by atoms with Gasteiger partial charge in [-0.2, -0.15) is 9.30 Å². The fourth-order valence-electron chi connectivity index (χ4n) is 4.07. The van der Waals surface area contributed by atoms with E-state index in [1.165, 1.54) is 27.8 Å². The topological polar surface area (TPSA) is 90.2 Å². The van der Waals surface area contributed by atoms with Gasteiger partial charge in [0.15, 0.2) is 16.3 Å². The number of hydrogen-bond acceptors (Lipinski definition) is 6. The third kappa shape index (κ3) is 4.20. The van der Waals surface area contributed by atoms with Crippen molar-refractivity contribution in [2.75, 3.05) is 19.9 Å². The molecule has 2 aliphatic heterocycles. The third-order valence-electron chi connectivity index (χ3n) is 5.89. The smallest absolute Gasteiger partial charge is 0.251 e. The van der Waals surface area contributed by atoms with E-state index in [2.05, 4.69) is 10.9 Å². The van der Waals surface area contributed by atoms with Crippen LogP contribution in [0.15, 0.2) is 46.3 Å². The Morgan fingerprint density at radius 3 is 2.53 bits per heavy atom. The molecular weight excluding hydrogens is 498 g/mol. The van der Waals surface area contributed by atoms with Gasteiger partial charge in [-0.3, -0.25) is 4.79 Å². The highest BCUT2D eigenvalue weighted by Gasteiger charge is 2.32. The number of sulfonamides is 1. The fourth-order valence-corrected chi connectivity index (χ4v) is 6.71. The van der Waals surface area contributed by atoms with Crippen LogP contribution in [0.3, 0.4) is 0 Å². The van der Waals surface area contributed by atoms with Crippen molar-refractivity contribution in [2.24, 2.45) is 10.9 Å². The summed E-state index contributed by atoms with van der Waals surface area (Å²) in [6.07, 6.45) is 6.35. The van der Waals surface area contributed by atoms with Crippen molar-refractivity contribution in [2.45, 2.75) is 24.3 Å². The predicted molar refractivity (Wildman–Crippen MR) is 128 cm³/mol. The average Bonchev–Trinajstić information content (AvgIpc) is 3.42. The molecule has 1 fully saturated rings. The number of piperidine rings is 1. The number of nitrogens with zero attached hydrogens (tertiary/aromatic N) is 3. The first kappa shape index (κ1) is 22.9. The van der Waals surface area contributed by atoms with Gasteiger partial charge in [0.1, 0.15) is 0 Å². The molecule has 0 spiro atoms. The number of thiazole rings is 1.